The van der Waals surface area contributed by atoms with E-state index >= 15 is 0 Å². The summed E-state index contributed by atoms with van der Waals surface area (Å²) in [7, 11) is 0. The van der Waals surface area contributed by atoms with Crippen LogP contribution in [0, 0.1) is 0 Å². The van der Waals surface area contributed by atoms with Crippen molar-refractivity contribution in [3.05, 3.63) is 30.3 Å². The Balaban J connectivity index is 1.14. The quantitative estimate of drug-likeness (QED) is 0.764. The Bertz CT molecular complexity index is 889. The molecule has 0 unspecified atom stereocenters. The van der Waals surface area contributed by atoms with E-state index in [2.05, 4.69) is 15.1 Å². The number of carbonyl (C=O) groups excluding carboxylic acids is 2. The first-order chi connectivity index (χ1) is 14.2. The monoisotopic (exact) mass is 396 g/mol. The molecule has 2 saturated heterocycles. The second-order valence-electron chi connectivity index (χ2n) is 7.95. The second-order valence-corrected chi connectivity index (χ2v) is 7.95. The van der Waals surface area contributed by atoms with E-state index < -0.39 is 0 Å². The van der Waals surface area contributed by atoms with Crippen LogP contribution in [0.2, 0.25) is 0 Å². The van der Waals surface area contributed by atoms with Gasteiger partial charge in [-0.1, -0.05) is 11.2 Å². The third-order valence-electron chi connectivity index (χ3n) is 5.97. The summed E-state index contributed by atoms with van der Waals surface area (Å²) in [6.07, 6.45) is 5.44. The van der Waals surface area contributed by atoms with Crippen LogP contribution in [0.25, 0.3) is 11.5 Å². The fourth-order valence-corrected chi connectivity index (χ4v) is 4.11. The van der Waals surface area contributed by atoms with Gasteiger partial charge in [-0.25, -0.2) is 4.79 Å². The van der Waals surface area contributed by atoms with E-state index in [9.17, 15) is 9.59 Å². The number of pyridine rings is 1. The maximum absolute atomic E-state index is 12.7. The highest BCUT2D eigenvalue weighted by Gasteiger charge is 2.40. The largest absolute Gasteiger partial charge is 0.341 e. The number of hydrogen-bond acceptors (Lipinski definition) is 6. The van der Waals surface area contributed by atoms with E-state index in [4.69, 9.17) is 4.52 Å². The van der Waals surface area contributed by atoms with Crippen molar-refractivity contribution in [1.29, 1.82) is 0 Å². The van der Waals surface area contributed by atoms with Crippen molar-refractivity contribution >= 4 is 11.9 Å². The van der Waals surface area contributed by atoms with E-state index in [0.717, 1.165) is 32.2 Å². The van der Waals surface area contributed by atoms with E-state index in [1.54, 1.807) is 11.1 Å². The van der Waals surface area contributed by atoms with Gasteiger partial charge in [-0.15, -0.1) is 0 Å². The van der Waals surface area contributed by atoms with Crippen LogP contribution < -0.4 is 0 Å². The summed E-state index contributed by atoms with van der Waals surface area (Å²) in [5.74, 6) is 1.26. The van der Waals surface area contributed by atoms with Gasteiger partial charge in [0.25, 0.3) is 0 Å². The van der Waals surface area contributed by atoms with Crippen LogP contribution in [-0.2, 0) is 4.79 Å². The van der Waals surface area contributed by atoms with Crippen LogP contribution in [0.1, 0.15) is 37.5 Å². The molecule has 3 fully saturated rings. The van der Waals surface area contributed by atoms with Gasteiger partial charge < -0.3 is 19.2 Å². The van der Waals surface area contributed by atoms with Crippen molar-refractivity contribution in [1.82, 2.24) is 29.8 Å². The lowest BCUT2D eigenvalue weighted by molar-refractivity contribution is -0.132. The highest BCUT2D eigenvalue weighted by Crippen LogP contribution is 2.30. The van der Waals surface area contributed by atoms with Gasteiger partial charge in [0.1, 0.15) is 12.2 Å². The zero-order valence-electron chi connectivity index (χ0n) is 16.2. The summed E-state index contributed by atoms with van der Waals surface area (Å²) in [6.45, 7) is 2.85. The standard InChI is InChI=1S/C20H24N6O3/c27-17(13-25-11-12-26(20(25)28)15-4-5-15)24-9-6-14(7-10-24)19-22-18(23-29-19)16-3-1-2-8-21-16/h1-3,8,14-15H,4-7,9-13H2. The van der Waals surface area contributed by atoms with Crippen LogP contribution in [0.4, 0.5) is 4.79 Å². The lowest BCUT2D eigenvalue weighted by atomic mass is 9.96. The van der Waals surface area contributed by atoms with Crippen LogP contribution in [0.3, 0.4) is 0 Å². The number of aromatic nitrogens is 3. The molecular weight excluding hydrogens is 372 g/mol. The number of rotatable bonds is 5. The molecule has 5 rings (SSSR count). The summed E-state index contributed by atoms with van der Waals surface area (Å²) >= 11 is 0. The van der Waals surface area contributed by atoms with E-state index in [1.165, 1.54) is 0 Å². The SMILES string of the molecule is O=C(CN1CCN(C2CC2)C1=O)N1CCC(c2nc(-c3ccccn3)no2)CC1. The highest BCUT2D eigenvalue weighted by molar-refractivity contribution is 5.85. The Hall–Kier alpha value is -2.97. The van der Waals surface area contributed by atoms with E-state index in [1.807, 2.05) is 28.0 Å². The Labute approximate surface area is 168 Å². The number of urea groups is 1. The van der Waals surface area contributed by atoms with Gasteiger partial charge in [-0.05, 0) is 37.8 Å². The summed E-state index contributed by atoms with van der Waals surface area (Å²) in [6, 6.07) is 6.00. The normalized spacial score (nSPS) is 20.6. The van der Waals surface area contributed by atoms with E-state index in [0.29, 0.717) is 43.1 Å². The Morgan fingerprint density at radius 2 is 1.93 bits per heavy atom. The van der Waals surface area contributed by atoms with Crippen molar-refractivity contribution in [2.24, 2.45) is 0 Å². The molecule has 4 heterocycles. The van der Waals surface area contributed by atoms with Gasteiger partial charge >= 0.3 is 6.03 Å². The minimum absolute atomic E-state index is 0.0173. The highest BCUT2D eigenvalue weighted by atomic mass is 16.5. The first-order valence-corrected chi connectivity index (χ1v) is 10.3. The van der Waals surface area contributed by atoms with Gasteiger partial charge in [0.2, 0.25) is 17.6 Å². The molecule has 9 nitrogen and oxygen atoms in total. The van der Waals surface area contributed by atoms with Crippen LogP contribution in [-0.4, -0.2) is 80.5 Å². The molecule has 3 aliphatic rings. The maximum atomic E-state index is 12.7. The Morgan fingerprint density at radius 1 is 1.10 bits per heavy atom. The predicted octanol–water partition coefficient (Wildman–Crippen LogP) is 1.74. The van der Waals surface area contributed by atoms with Crippen LogP contribution in [0.15, 0.2) is 28.9 Å². The van der Waals surface area contributed by atoms with Crippen molar-refractivity contribution in [3.8, 4) is 11.5 Å². The summed E-state index contributed by atoms with van der Waals surface area (Å²) in [5, 5.41) is 4.04. The van der Waals surface area contributed by atoms with Gasteiger partial charge in [0, 0.05) is 44.3 Å². The van der Waals surface area contributed by atoms with Crippen molar-refractivity contribution in [2.45, 2.75) is 37.6 Å². The second kappa shape index (κ2) is 7.46. The zero-order chi connectivity index (χ0) is 19.8. The van der Waals surface area contributed by atoms with E-state index in [-0.39, 0.29) is 24.4 Å². The molecule has 0 atom stereocenters. The first-order valence-electron chi connectivity index (χ1n) is 10.3. The molecule has 1 aliphatic carbocycles. The average molecular weight is 396 g/mol. The minimum Gasteiger partial charge on any atom is -0.341 e. The maximum Gasteiger partial charge on any atom is 0.320 e. The number of carbonyl (C=O) groups is 2. The topological polar surface area (TPSA) is 95.7 Å². The van der Waals surface area contributed by atoms with Crippen molar-refractivity contribution < 1.29 is 14.1 Å². The molecule has 2 aromatic rings. The third-order valence-corrected chi connectivity index (χ3v) is 5.97. The van der Waals surface area contributed by atoms with Crippen molar-refractivity contribution in [2.75, 3.05) is 32.7 Å². The zero-order valence-corrected chi connectivity index (χ0v) is 16.2. The smallest absolute Gasteiger partial charge is 0.320 e. The molecule has 1 saturated carbocycles. The summed E-state index contributed by atoms with van der Waals surface area (Å²) in [5.41, 5.74) is 0.686. The summed E-state index contributed by atoms with van der Waals surface area (Å²) < 4.78 is 5.45. The molecule has 29 heavy (non-hydrogen) atoms. The van der Waals surface area contributed by atoms with Gasteiger partial charge in [-0.3, -0.25) is 9.78 Å². The molecule has 2 aromatic heterocycles. The average Bonchev–Trinajstić information content (AvgIpc) is 3.36. The van der Waals surface area contributed by atoms with Gasteiger partial charge in [-0.2, -0.15) is 4.98 Å². The molecular formula is C20H24N6O3. The van der Waals surface area contributed by atoms with Crippen molar-refractivity contribution in [3.63, 3.8) is 0 Å². The molecule has 152 valence electrons. The van der Waals surface area contributed by atoms with Crippen LogP contribution in [0.5, 0.6) is 0 Å². The number of amides is 3. The lowest BCUT2D eigenvalue weighted by Crippen LogP contribution is -2.45. The fraction of sp³-hybridized carbons (Fsp3) is 0.550. The molecule has 0 N–H and O–H groups in total. The third kappa shape index (κ3) is 3.68. The number of nitrogens with zero attached hydrogens (tertiary/aromatic N) is 6. The molecule has 2 aliphatic heterocycles. The van der Waals surface area contributed by atoms with Gasteiger partial charge in [0.05, 0.1) is 0 Å². The number of likely N-dealkylation sites (tertiary alicyclic amines) is 1. The molecule has 0 aromatic carbocycles. The van der Waals surface area contributed by atoms with Crippen LogP contribution >= 0.6 is 0 Å². The molecule has 0 spiro atoms. The Kier molecular flexibility index (Phi) is 4.65. The molecule has 9 heteroatoms. The molecule has 0 bridgehead atoms. The molecule has 3 amide bonds. The van der Waals surface area contributed by atoms with Gasteiger partial charge in [0.15, 0.2) is 0 Å². The molecule has 0 radical (unpaired) electrons. The lowest BCUT2D eigenvalue weighted by Gasteiger charge is -2.31. The first kappa shape index (κ1) is 18.1. The minimum atomic E-state index is 0.0173. The number of piperidine rings is 1. The number of hydrogen-bond donors (Lipinski definition) is 0. The Morgan fingerprint density at radius 3 is 2.66 bits per heavy atom. The predicted molar refractivity (Wildman–Crippen MR) is 103 cm³/mol. The fourth-order valence-electron chi connectivity index (χ4n) is 4.11. The summed E-state index contributed by atoms with van der Waals surface area (Å²) in [4.78, 5) is 39.3.